The van der Waals surface area contributed by atoms with Gasteiger partial charge in [-0.2, -0.15) is 0 Å². The Morgan fingerprint density at radius 1 is 1.33 bits per heavy atom. The van der Waals surface area contributed by atoms with Gasteiger partial charge in [-0.15, -0.1) is 0 Å². The first-order chi connectivity index (χ1) is 8.44. The number of hydrogen-bond donors (Lipinski definition) is 1. The standard InChI is InChI=1S/C14H17NO2Te/c1-14(2,3)17-13(16)15-9-11-8-10-6-4-5-7-12(10)18-11/h4-8H,9H2,1-3H3,(H,15,16). The molecule has 1 heterocycles. The second kappa shape index (κ2) is 5.34. The Labute approximate surface area is 117 Å². The van der Waals surface area contributed by atoms with Crippen LogP contribution in [-0.4, -0.2) is 32.1 Å². The van der Waals surface area contributed by atoms with Gasteiger partial charge in [0.25, 0.3) is 0 Å². The summed E-state index contributed by atoms with van der Waals surface area (Å²) in [6, 6.07) is 10.6. The summed E-state index contributed by atoms with van der Waals surface area (Å²) in [4.78, 5) is 11.5. The minimum absolute atomic E-state index is 0.305. The van der Waals surface area contributed by atoms with E-state index >= 15 is 0 Å². The molecule has 0 saturated heterocycles. The van der Waals surface area contributed by atoms with Crippen LogP contribution in [0.5, 0.6) is 0 Å². The molecule has 0 fully saturated rings. The third-order valence-corrected chi connectivity index (χ3v) is 5.47. The Hall–Kier alpha value is -0.980. The fourth-order valence-corrected chi connectivity index (χ4v) is 4.46. The number of rotatable bonds is 2. The molecule has 3 nitrogen and oxygen atoms in total. The molecule has 4 heteroatoms. The van der Waals surface area contributed by atoms with E-state index < -0.39 is 5.60 Å². The van der Waals surface area contributed by atoms with E-state index in [1.165, 1.54) is 12.4 Å². The van der Waals surface area contributed by atoms with Crippen molar-refractivity contribution in [3.8, 4) is 0 Å². The van der Waals surface area contributed by atoms with Crippen LogP contribution in [0.1, 0.15) is 24.4 Å². The molecule has 0 aliphatic rings. The molecule has 0 saturated carbocycles. The van der Waals surface area contributed by atoms with Crippen LogP contribution in [0.15, 0.2) is 30.3 Å². The second-order valence-electron chi connectivity index (χ2n) is 5.11. The fourth-order valence-electron chi connectivity index (χ4n) is 1.60. The van der Waals surface area contributed by atoms with Crippen molar-refractivity contribution in [3.05, 3.63) is 33.9 Å². The van der Waals surface area contributed by atoms with Gasteiger partial charge >= 0.3 is 117 Å². The fraction of sp³-hybridized carbons (Fsp3) is 0.357. The minimum atomic E-state index is -0.437. The zero-order chi connectivity index (χ0) is 13.2. The molecule has 18 heavy (non-hydrogen) atoms. The van der Waals surface area contributed by atoms with Crippen LogP contribution in [0.4, 0.5) is 4.79 Å². The van der Waals surface area contributed by atoms with Gasteiger partial charge in [0, 0.05) is 0 Å². The molecule has 96 valence electrons. The Morgan fingerprint density at radius 3 is 2.72 bits per heavy atom. The Balaban J connectivity index is 1.96. The van der Waals surface area contributed by atoms with Gasteiger partial charge in [-0.25, -0.2) is 0 Å². The number of benzene rings is 1. The quantitative estimate of drug-likeness (QED) is 0.838. The van der Waals surface area contributed by atoms with E-state index in [0.717, 1.165) is 0 Å². The van der Waals surface area contributed by atoms with Crippen molar-refractivity contribution in [1.82, 2.24) is 5.32 Å². The summed E-state index contributed by atoms with van der Waals surface area (Å²) < 4.78 is 8.00. The number of carbonyl (C=O) groups excluding carboxylic acids is 1. The monoisotopic (exact) mass is 361 g/mol. The Bertz CT molecular complexity index is 521. The third kappa shape index (κ3) is 3.76. The van der Waals surface area contributed by atoms with Crippen LogP contribution < -0.4 is 5.32 Å². The predicted molar refractivity (Wildman–Crippen MR) is 74.0 cm³/mol. The van der Waals surface area contributed by atoms with Crippen LogP contribution >= 0.6 is 0 Å². The molecule has 2 aromatic rings. The van der Waals surface area contributed by atoms with Gasteiger partial charge in [-0.3, -0.25) is 0 Å². The van der Waals surface area contributed by atoms with Gasteiger partial charge < -0.3 is 0 Å². The van der Waals surface area contributed by atoms with Gasteiger partial charge in [0.15, 0.2) is 0 Å². The number of carbonyl (C=O) groups is 1. The zero-order valence-electron chi connectivity index (χ0n) is 10.8. The van der Waals surface area contributed by atoms with Crippen molar-refractivity contribution < 1.29 is 9.53 Å². The number of hydrogen-bond acceptors (Lipinski definition) is 2. The van der Waals surface area contributed by atoms with Crippen molar-refractivity contribution in [2.24, 2.45) is 0 Å². The molecule has 2 rings (SSSR count). The normalized spacial score (nSPS) is 11.5. The van der Waals surface area contributed by atoms with Crippen molar-refractivity contribution in [2.75, 3.05) is 0 Å². The SMILES string of the molecule is CC(C)(C)OC(=O)NCc1cc2ccccc2[te]1. The third-order valence-electron chi connectivity index (χ3n) is 2.28. The number of nitrogens with one attached hydrogen (secondary N) is 1. The van der Waals surface area contributed by atoms with Crippen molar-refractivity contribution in [1.29, 1.82) is 0 Å². The number of amides is 1. The van der Waals surface area contributed by atoms with E-state index in [2.05, 4.69) is 29.6 Å². The Morgan fingerprint density at radius 2 is 2.06 bits per heavy atom. The maximum atomic E-state index is 11.5. The molecule has 0 atom stereocenters. The van der Waals surface area contributed by atoms with E-state index in [0.29, 0.717) is 6.54 Å². The molecule has 1 N–H and O–H groups in total. The summed E-state index contributed by atoms with van der Waals surface area (Å²) in [7, 11) is 0. The molecule has 1 aromatic carbocycles. The zero-order valence-corrected chi connectivity index (χ0v) is 13.1. The van der Waals surface area contributed by atoms with Gasteiger partial charge in [0.05, 0.1) is 0 Å². The van der Waals surface area contributed by atoms with Crippen molar-refractivity contribution in [3.63, 3.8) is 0 Å². The first kappa shape index (κ1) is 13.5. The topological polar surface area (TPSA) is 38.3 Å². The summed E-state index contributed by atoms with van der Waals surface area (Å²) in [6.07, 6.45) is -0.341. The van der Waals surface area contributed by atoms with E-state index in [9.17, 15) is 4.79 Å². The van der Waals surface area contributed by atoms with Crippen LogP contribution in [0.25, 0.3) is 8.79 Å². The van der Waals surface area contributed by atoms with Crippen molar-refractivity contribution >= 4 is 35.3 Å². The van der Waals surface area contributed by atoms with E-state index in [4.69, 9.17) is 4.74 Å². The van der Waals surface area contributed by atoms with Crippen LogP contribution in [0.2, 0.25) is 0 Å². The number of ether oxygens (including phenoxy) is 1. The maximum absolute atomic E-state index is 11.5. The molecule has 0 aliphatic carbocycles. The van der Waals surface area contributed by atoms with Crippen molar-refractivity contribution in [2.45, 2.75) is 32.9 Å². The molecule has 0 radical (unpaired) electrons. The summed E-state index contributed by atoms with van der Waals surface area (Å²) in [6.45, 7) is 6.20. The van der Waals surface area contributed by atoms with Gasteiger partial charge in [0.2, 0.25) is 0 Å². The first-order valence-corrected chi connectivity index (χ1v) is 8.21. The number of alkyl carbamates (subject to hydrolysis) is 1. The Kier molecular flexibility index (Phi) is 3.99. The van der Waals surface area contributed by atoms with E-state index in [1.807, 2.05) is 26.8 Å². The predicted octanol–water partition coefficient (Wildman–Crippen LogP) is 2.92. The van der Waals surface area contributed by atoms with Crippen LogP contribution in [0, 0.1) is 0 Å². The summed E-state index contributed by atoms with van der Waals surface area (Å²) in [5.41, 5.74) is -0.437. The molecule has 1 aromatic heterocycles. The molecule has 0 bridgehead atoms. The van der Waals surface area contributed by atoms with E-state index in [-0.39, 0.29) is 26.5 Å². The number of fused-ring (bicyclic) bond motifs is 1. The molecule has 0 unspecified atom stereocenters. The summed E-state index contributed by atoms with van der Waals surface area (Å²) in [5, 5.41) is 4.13. The average molecular weight is 359 g/mol. The summed E-state index contributed by atoms with van der Waals surface area (Å²) in [5.74, 6) is 0. The van der Waals surface area contributed by atoms with Gasteiger partial charge in [0.1, 0.15) is 0 Å². The van der Waals surface area contributed by atoms with Gasteiger partial charge in [-0.05, 0) is 0 Å². The molecular formula is C14H17NO2Te. The van der Waals surface area contributed by atoms with Crippen LogP contribution in [-0.2, 0) is 11.3 Å². The average Bonchev–Trinajstić information content (AvgIpc) is 2.66. The molecule has 0 aliphatic heterocycles. The first-order valence-electron chi connectivity index (χ1n) is 5.88. The van der Waals surface area contributed by atoms with Gasteiger partial charge in [-0.1, -0.05) is 0 Å². The molecule has 0 spiro atoms. The van der Waals surface area contributed by atoms with E-state index in [1.54, 1.807) is 0 Å². The van der Waals surface area contributed by atoms with Crippen LogP contribution in [0.3, 0.4) is 0 Å². The second-order valence-corrected chi connectivity index (χ2v) is 8.44. The molecule has 1 amide bonds. The molecular weight excluding hydrogens is 342 g/mol. The summed E-state index contributed by atoms with van der Waals surface area (Å²) >= 11 is -0.305.